The number of rotatable bonds is 3. The van der Waals surface area contributed by atoms with Crippen molar-refractivity contribution in [2.75, 3.05) is 30.9 Å². The molecule has 1 heterocycles. The van der Waals surface area contributed by atoms with Gasteiger partial charge in [0, 0.05) is 36.9 Å². The molecule has 15 heavy (non-hydrogen) atoms. The summed E-state index contributed by atoms with van der Waals surface area (Å²) in [6.45, 7) is 2.52. The molecule has 1 fully saturated rings. The normalized spacial score (nSPS) is 22.7. The van der Waals surface area contributed by atoms with Gasteiger partial charge in [-0.15, -0.1) is 24.2 Å². The van der Waals surface area contributed by atoms with Crippen LogP contribution in [-0.2, 0) is 4.79 Å². The van der Waals surface area contributed by atoms with Gasteiger partial charge in [0.2, 0.25) is 5.91 Å². The monoisotopic (exact) mass is 270 g/mol. The van der Waals surface area contributed by atoms with Crippen LogP contribution in [0.25, 0.3) is 0 Å². The van der Waals surface area contributed by atoms with E-state index in [-0.39, 0.29) is 29.6 Å². The third kappa shape index (κ3) is 4.43. The summed E-state index contributed by atoms with van der Waals surface area (Å²) < 4.78 is 0. The van der Waals surface area contributed by atoms with Crippen LogP contribution in [0.5, 0.6) is 0 Å². The molecule has 2 N–H and O–H groups in total. The smallest absolute Gasteiger partial charge is 0.236 e. The number of nitrogens with zero attached hydrogens (tertiary/aromatic N) is 1. The second-order valence-electron chi connectivity index (χ2n) is 3.47. The number of halogens is 1. The van der Waals surface area contributed by atoms with Crippen LogP contribution in [0.4, 0.5) is 0 Å². The lowest BCUT2D eigenvalue weighted by Gasteiger charge is -2.29. The fourth-order valence-corrected chi connectivity index (χ4v) is 3.88. The fourth-order valence-electron chi connectivity index (χ4n) is 1.23. The standard InChI is InChI=1S/C9H18N2OS2.ClH/c1-7(5-10)11(2)9(12)8-6-13-3-4-14-8;/h7-8H,3-6,10H2,1-2H3;1H. The molecule has 0 bridgehead atoms. The van der Waals surface area contributed by atoms with Crippen LogP contribution in [0.3, 0.4) is 0 Å². The molecule has 3 nitrogen and oxygen atoms in total. The molecule has 0 aromatic carbocycles. The Morgan fingerprint density at radius 1 is 1.60 bits per heavy atom. The Morgan fingerprint density at radius 3 is 2.73 bits per heavy atom. The lowest BCUT2D eigenvalue weighted by Crippen LogP contribution is -2.45. The molecule has 1 rings (SSSR count). The first-order valence-corrected chi connectivity index (χ1v) is 7.03. The van der Waals surface area contributed by atoms with E-state index in [1.807, 2.05) is 25.7 Å². The number of hydrogen-bond donors (Lipinski definition) is 1. The number of amides is 1. The van der Waals surface area contributed by atoms with Gasteiger partial charge in [0.05, 0.1) is 5.25 Å². The minimum absolute atomic E-state index is 0. The first kappa shape index (κ1) is 15.4. The van der Waals surface area contributed by atoms with Gasteiger partial charge < -0.3 is 10.6 Å². The first-order valence-electron chi connectivity index (χ1n) is 4.83. The van der Waals surface area contributed by atoms with E-state index < -0.39 is 0 Å². The summed E-state index contributed by atoms with van der Waals surface area (Å²) in [6.07, 6.45) is 0. The predicted molar refractivity (Wildman–Crippen MR) is 72.1 cm³/mol. The van der Waals surface area contributed by atoms with Crippen LogP contribution >= 0.6 is 35.9 Å². The molecule has 0 spiro atoms. The van der Waals surface area contributed by atoms with E-state index in [4.69, 9.17) is 5.73 Å². The van der Waals surface area contributed by atoms with Crippen molar-refractivity contribution in [1.82, 2.24) is 4.90 Å². The second-order valence-corrected chi connectivity index (χ2v) is 5.93. The van der Waals surface area contributed by atoms with E-state index >= 15 is 0 Å². The van der Waals surface area contributed by atoms with E-state index in [0.717, 1.165) is 11.5 Å². The van der Waals surface area contributed by atoms with Crippen LogP contribution in [0.2, 0.25) is 0 Å². The lowest BCUT2D eigenvalue weighted by molar-refractivity contribution is -0.130. The third-order valence-corrected chi connectivity index (χ3v) is 5.18. The minimum atomic E-state index is 0. The summed E-state index contributed by atoms with van der Waals surface area (Å²) in [6, 6.07) is 0.148. The molecule has 1 amide bonds. The Kier molecular flexibility index (Phi) is 7.87. The Morgan fingerprint density at radius 2 is 2.27 bits per heavy atom. The van der Waals surface area contributed by atoms with Gasteiger partial charge in [0.1, 0.15) is 0 Å². The van der Waals surface area contributed by atoms with Crippen molar-refractivity contribution in [2.24, 2.45) is 5.73 Å². The third-order valence-electron chi connectivity index (χ3n) is 2.44. The number of carbonyl (C=O) groups excluding carboxylic acids is 1. The highest BCUT2D eigenvalue weighted by molar-refractivity contribution is 8.07. The first-order chi connectivity index (χ1) is 6.66. The molecule has 1 aliphatic rings. The minimum Gasteiger partial charge on any atom is -0.341 e. The average Bonchev–Trinajstić information content (AvgIpc) is 2.27. The molecule has 0 saturated carbocycles. The zero-order valence-electron chi connectivity index (χ0n) is 9.14. The van der Waals surface area contributed by atoms with Gasteiger partial charge in [-0.25, -0.2) is 0 Å². The molecule has 6 heteroatoms. The molecular formula is C9H19ClN2OS2. The van der Waals surface area contributed by atoms with Crippen molar-refractivity contribution in [3.8, 4) is 0 Å². The van der Waals surface area contributed by atoms with Crippen LogP contribution in [0, 0.1) is 0 Å². The topological polar surface area (TPSA) is 46.3 Å². The maximum absolute atomic E-state index is 11.9. The summed E-state index contributed by atoms with van der Waals surface area (Å²) >= 11 is 3.64. The summed E-state index contributed by atoms with van der Waals surface area (Å²) in [5.74, 6) is 3.45. The van der Waals surface area contributed by atoms with Gasteiger partial charge in [0.25, 0.3) is 0 Å². The van der Waals surface area contributed by atoms with Gasteiger partial charge in [-0.1, -0.05) is 0 Å². The Bertz CT molecular complexity index is 197. The van der Waals surface area contributed by atoms with Gasteiger partial charge >= 0.3 is 0 Å². The van der Waals surface area contributed by atoms with Crippen molar-refractivity contribution >= 4 is 41.8 Å². The zero-order chi connectivity index (χ0) is 10.6. The number of thioether (sulfide) groups is 2. The van der Waals surface area contributed by atoms with E-state index in [0.29, 0.717) is 6.54 Å². The van der Waals surface area contributed by atoms with Crippen molar-refractivity contribution < 1.29 is 4.79 Å². The Hall–Kier alpha value is 0.420. The fraction of sp³-hybridized carbons (Fsp3) is 0.889. The van der Waals surface area contributed by atoms with Crippen molar-refractivity contribution in [2.45, 2.75) is 18.2 Å². The zero-order valence-corrected chi connectivity index (χ0v) is 11.6. The lowest BCUT2D eigenvalue weighted by atomic mass is 10.3. The molecular weight excluding hydrogens is 252 g/mol. The summed E-state index contributed by atoms with van der Waals surface area (Å²) in [5, 5.41) is 0.146. The predicted octanol–water partition coefficient (Wildman–Crippen LogP) is 1.06. The highest BCUT2D eigenvalue weighted by Gasteiger charge is 2.26. The number of hydrogen-bond acceptors (Lipinski definition) is 4. The average molecular weight is 271 g/mol. The SMILES string of the molecule is CC(CN)N(C)C(=O)C1CSCCS1.Cl. The second kappa shape index (κ2) is 7.65. The molecule has 1 aliphatic heterocycles. The molecule has 2 atom stereocenters. The molecule has 0 radical (unpaired) electrons. The maximum atomic E-state index is 11.9. The van der Waals surface area contributed by atoms with Gasteiger partial charge in [0.15, 0.2) is 0 Å². The quantitative estimate of drug-likeness (QED) is 0.833. The molecule has 2 unspecified atom stereocenters. The number of carbonyl (C=O) groups is 1. The van der Waals surface area contributed by atoms with Crippen molar-refractivity contribution in [1.29, 1.82) is 0 Å². The highest BCUT2D eigenvalue weighted by atomic mass is 35.5. The Balaban J connectivity index is 0.00000196. The van der Waals surface area contributed by atoms with Gasteiger partial charge in [-0.3, -0.25) is 4.79 Å². The van der Waals surface area contributed by atoms with E-state index in [9.17, 15) is 4.79 Å². The molecule has 1 saturated heterocycles. The Labute approximate surface area is 106 Å². The van der Waals surface area contributed by atoms with Gasteiger partial charge in [-0.05, 0) is 6.92 Å². The number of likely N-dealkylation sites (N-methyl/N-ethyl adjacent to an activating group) is 1. The van der Waals surface area contributed by atoms with Crippen LogP contribution in [0.15, 0.2) is 0 Å². The van der Waals surface area contributed by atoms with Crippen LogP contribution < -0.4 is 5.73 Å². The van der Waals surface area contributed by atoms with E-state index in [1.54, 1.807) is 16.7 Å². The molecule has 0 aliphatic carbocycles. The van der Waals surface area contributed by atoms with Crippen molar-refractivity contribution in [3.05, 3.63) is 0 Å². The highest BCUT2D eigenvalue weighted by Crippen LogP contribution is 2.25. The van der Waals surface area contributed by atoms with Gasteiger partial charge in [-0.2, -0.15) is 11.8 Å². The molecule has 90 valence electrons. The van der Waals surface area contributed by atoms with Crippen molar-refractivity contribution in [3.63, 3.8) is 0 Å². The van der Waals surface area contributed by atoms with E-state index in [1.165, 1.54) is 5.75 Å². The van der Waals surface area contributed by atoms with Crippen LogP contribution in [0.1, 0.15) is 6.92 Å². The summed E-state index contributed by atoms with van der Waals surface area (Å²) in [4.78, 5) is 13.7. The number of nitrogens with two attached hydrogens (primary N) is 1. The molecule has 0 aromatic rings. The van der Waals surface area contributed by atoms with E-state index in [2.05, 4.69) is 0 Å². The summed E-state index contributed by atoms with van der Waals surface area (Å²) in [5.41, 5.74) is 5.53. The maximum Gasteiger partial charge on any atom is 0.236 e. The largest absolute Gasteiger partial charge is 0.341 e. The molecule has 0 aromatic heterocycles. The van der Waals surface area contributed by atoms with Crippen LogP contribution in [-0.4, -0.2) is 52.9 Å². The summed E-state index contributed by atoms with van der Waals surface area (Å²) in [7, 11) is 1.85.